The summed E-state index contributed by atoms with van der Waals surface area (Å²) in [6.07, 6.45) is -1.03. The minimum atomic E-state index is -1.03. The molecule has 25 heavy (non-hydrogen) atoms. The van der Waals surface area contributed by atoms with E-state index < -0.39 is 23.6 Å². The number of esters is 1. The van der Waals surface area contributed by atoms with Crippen LogP contribution in [-0.4, -0.2) is 29.4 Å². The van der Waals surface area contributed by atoms with Gasteiger partial charge in [0.25, 0.3) is 5.69 Å². The van der Waals surface area contributed by atoms with Gasteiger partial charge in [0.2, 0.25) is 0 Å². The predicted octanol–water partition coefficient (Wildman–Crippen LogP) is 3.44. The van der Waals surface area contributed by atoms with Crippen LogP contribution in [0.1, 0.15) is 17.3 Å². The average Bonchev–Trinajstić information content (AvgIpc) is 2.60. The van der Waals surface area contributed by atoms with Gasteiger partial charge >= 0.3 is 5.97 Å². The Hall–Kier alpha value is -2.93. The molecule has 0 aliphatic rings. The monoisotopic (exact) mass is 363 g/mol. The van der Waals surface area contributed by atoms with Gasteiger partial charge in [0, 0.05) is 16.7 Å². The predicted molar refractivity (Wildman–Crippen MR) is 89.9 cm³/mol. The standard InChI is InChI=1S/C17H14ClNO6/c1-11(25-15-4-2-3-14(9-15)19(22)23)17(21)24-10-16(20)12-5-7-13(18)8-6-12/h2-9,11H,10H2,1H3/t11-/m1/s1. The smallest absolute Gasteiger partial charge is 0.347 e. The molecule has 0 unspecified atom stereocenters. The molecule has 2 aromatic rings. The molecule has 7 nitrogen and oxygen atoms in total. The van der Waals surface area contributed by atoms with E-state index in [1.54, 1.807) is 12.1 Å². The number of nitro benzene ring substituents is 1. The van der Waals surface area contributed by atoms with E-state index in [0.717, 1.165) is 0 Å². The molecule has 0 heterocycles. The molecule has 0 saturated carbocycles. The van der Waals surface area contributed by atoms with Crippen molar-refractivity contribution in [3.63, 3.8) is 0 Å². The van der Waals surface area contributed by atoms with Gasteiger partial charge in [-0.25, -0.2) is 4.79 Å². The molecule has 8 heteroatoms. The first-order valence-electron chi connectivity index (χ1n) is 7.23. The van der Waals surface area contributed by atoms with Crippen LogP contribution in [0.3, 0.4) is 0 Å². The number of carbonyl (C=O) groups excluding carboxylic acids is 2. The number of ether oxygens (including phenoxy) is 2. The molecule has 2 aromatic carbocycles. The summed E-state index contributed by atoms with van der Waals surface area (Å²) in [7, 11) is 0. The molecule has 0 spiro atoms. The van der Waals surface area contributed by atoms with E-state index in [0.29, 0.717) is 10.6 Å². The number of rotatable bonds is 7. The lowest BCUT2D eigenvalue weighted by Crippen LogP contribution is -2.28. The van der Waals surface area contributed by atoms with Gasteiger partial charge in [-0.2, -0.15) is 0 Å². The number of Topliss-reactive ketones (excluding diaryl/α,β-unsaturated/α-hetero) is 1. The second-order valence-electron chi connectivity index (χ2n) is 5.05. The van der Waals surface area contributed by atoms with Gasteiger partial charge in [-0.3, -0.25) is 14.9 Å². The zero-order valence-electron chi connectivity index (χ0n) is 13.2. The lowest BCUT2D eigenvalue weighted by molar-refractivity contribution is -0.384. The second-order valence-corrected chi connectivity index (χ2v) is 5.49. The zero-order chi connectivity index (χ0) is 18.4. The van der Waals surface area contributed by atoms with Crippen LogP contribution in [0.4, 0.5) is 5.69 Å². The maximum atomic E-state index is 11.9. The summed E-state index contributed by atoms with van der Waals surface area (Å²) >= 11 is 5.74. The largest absolute Gasteiger partial charge is 0.479 e. The zero-order valence-corrected chi connectivity index (χ0v) is 13.9. The number of carbonyl (C=O) groups is 2. The van der Waals surface area contributed by atoms with E-state index in [1.165, 1.54) is 43.3 Å². The third-order valence-corrected chi connectivity index (χ3v) is 3.44. The van der Waals surface area contributed by atoms with E-state index in [-0.39, 0.29) is 17.2 Å². The number of nitro groups is 1. The fourth-order valence-corrected chi connectivity index (χ4v) is 2.02. The molecule has 0 fully saturated rings. The van der Waals surface area contributed by atoms with Crippen molar-refractivity contribution in [1.82, 2.24) is 0 Å². The Kier molecular flexibility index (Phi) is 6.08. The topological polar surface area (TPSA) is 95.7 Å². The van der Waals surface area contributed by atoms with Crippen molar-refractivity contribution in [3.8, 4) is 5.75 Å². The maximum absolute atomic E-state index is 11.9. The van der Waals surface area contributed by atoms with Crippen molar-refractivity contribution in [2.45, 2.75) is 13.0 Å². The van der Waals surface area contributed by atoms with Gasteiger partial charge < -0.3 is 9.47 Å². The molecule has 0 bridgehead atoms. The van der Waals surface area contributed by atoms with Gasteiger partial charge in [0.1, 0.15) is 5.75 Å². The first-order valence-corrected chi connectivity index (χ1v) is 7.61. The van der Waals surface area contributed by atoms with Gasteiger partial charge in [-0.15, -0.1) is 0 Å². The number of hydrogen-bond donors (Lipinski definition) is 0. The molecular weight excluding hydrogens is 350 g/mol. The Bertz CT molecular complexity index is 790. The fourth-order valence-electron chi connectivity index (χ4n) is 1.90. The van der Waals surface area contributed by atoms with Gasteiger partial charge in [0.05, 0.1) is 11.0 Å². The molecule has 1 atom stereocenters. The second kappa shape index (κ2) is 8.25. The van der Waals surface area contributed by atoms with Gasteiger partial charge in [-0.05, 0) is 37.3 Å². The molecule has 0 N–H and O–H groups in total. The van der Waals surface area contributed by atoms with Crippen LogP contribution in [-0.2, 0) is 9.53 Å². The summed E-state index contributed by atoms with van der Waals surface area (Å²) in [5.74, 6) is -0.982. The van der Waals surface area contributed by atoms with Crippen molar-refractivity contribution >= 4 is 29.0 Å². The molecule has 0 aromatic heterocycles. The lowest BCUT2D eigenvalue weighted by atomic mass is 10.1. The Balaban J connectivity index is 1.89. The SMILES string of the molecule is C[C@@H](Oc1cccc([N+](=O)[O-])c1)C(=O)OCC(=O)c1ccc(Cl)cc1. The van der Waals surface area contributed by atoms with E-state index in [4.69, 9.17) is 21.1 Å². The minimum Gasteiger partial charge on any atom is -0.479 e. The Labute approximate surface area is 148 Å². The van der Waals surface area contributed by atoms with E-state index >= 15 is 0 Å². The number of hydrogen-bond acceptors (Lipinski definition) is 6. The van der Waals surface area contributed by atoms with Gasteiger partial charge in [0.15, 0.2) is 18.5 Å². The van der Waals surface area contributed by atoms with Crippen LogP contribution in [0.25, 0.3) is 0 Å². The highest BCUT2D eigenvalue weighted by Crippen LogP contribution is 2.20. The van der Waals surface area contributed by atoms with E-state index in [9.17, 15) is 19.7 Å². The number of non-ortho nitro benzene ring substituents is 1. The van der Waals surface area contributed by atoms with Crippen molar-refractivity contribution in [2.24, 2.45) is 0 Å². The lowest BCUT2D eigenvalue weighted by Gasteiger charge is -2.13. The normalized spacial score (nSPS) is 11.4. The van der Waals surface area contributed by atoms with Crippen molar-refractivity contribution in [1.29, 1.82) is 0 Å². The summed E-state index contributed by atoms with van der Waals surface area (Å²) in [4.78, 5) is 34.0. The van der Waals surface area contributed by atoms with Crippen LogP contribution in [0.5, 0.6) is 5.75 Å². The Morgan fingerprint density at radius 3 is 2.52 bits per heavy atom. The average molecular weight is 364 g/mol. The highest BCUT2D eigenvalue weighted by atomic mass is 35.5. The third-order valence-electron chi connectivity index (χ3n) is 3.18. The number of benzene rings is 2. The summed E-state index contributed by atoms with van der Waals surface area (Å²) in [6.45, 7) is 0.983. The molecule has 0 aliphatic carbocycles. The highest BCUT2D eigenvalue weighted by molar-refractivity contribution is 6.30. The van der Waals surface area contributed by atoms with E-state index in [2.05, 4.69) is 0 Å². The Morgan fingerprint density at radius 2 is 1.88 bits per heavy atom. The van der Waals surface area contributed by atoms with Crippen molar-refractivity contribution in [2.75, 3.05) is 6.61 Å². The van der Waals surface area contributed by atoms with Crippen LogP contribution < -0.4 is 4.74 Å². The van der Waals surface area contributed by atoms with E-state index in [1.807, 2.05) is 0 Å². The number of ketones is 1. The van der Waals surface area contributed by atoms with Crippen LogP contribution in [0.15, 0.2) is 48.5 Å². The first-order chi connectivity index (χ1) is 11.9. The minimum absolute atomic E-state index is 0.155. The van der Waals surface area contributed by atoms with Gasteiger partial charge in [-0.1, -0.05) is 17.7 Å². The third kappa shape index (κ3) is 5.29. The number of halogens is 1. The summed E-state index contributed by atoms with van der Waals surface area (Å²) in [5, 5.41) is 11.2. The Morgan fingerprint density at radius 1 is 1.20 bits per heavy atom. The van der Waals surface area contributed by atoms with Crippen LogP contribution in [0, 0.1) is 10.1 Å². The van der Waals surface area contributed by atoms with Crippen LogP contribution >= 0.6 is 11.6 Å². The fraction of sp³-hybridized carbons (Fsp3) is 0.176. The van der Waals surface area contributed by atoms with Crippen molar-refractivity contribution in [3.05, 3.63) is 69.2 Å². The quantitative estimate of drug-likeness (QED) is 0.323. The first kappa shape index (κ1) is 18.4. The van der Waals surface area contributed by atoms with Crippen molar-refractivity contribution < 1.29 is 24.0 Å². The van der Waals surface area contributed by atoms with Crippen LogP contribution in [0.2, 0.25) is 5.02 Å². The molecule has 0 radical (unpaired) electrons. The molecule has 2 rings (SSSR count). The summed E-state index contributed by atoms with van der Waals surface area (Å²) in [6, 6.07) is 11.6. The maximum Gasteiger partial charge on any atom is 0.347 e. The molecule has 0 aliphatic heterocycles. The molecular formula is C17H14ClNO6. The number of nitrogens with zero attached hydrogens (tertiary/aromatic N) is 1. The summed E-state index contributed by atoms with van der Waals surface area (Å²) in [5.41, 5.74) is 0.209. The molecule has 0 saturated heterocycles. The molecule has 0 amide bonds. The molecule has 130 valence electrons. The highest BCUT2D eigenvalue weighted by Gasteiger charge is 2.19. The summed E-state index contributed by atoms with van der Waals surface area (Å²) < 4.78 is 10.2.